The van der Waals surface area contributed by atoms with Crippen molar-refractivity contribution in [3.05, 3.63) is 12.2 Å². The second kappa shape index (κ2) is 32.1. The van der Waals surface area contributed by atoms with Gasteiger partial charge in [-0.15, -0.1) is 0 Å². The lowest BCUT2D eigenvalue weighted by Crippen LogP contribution is -2.64. The summed E-state index contributed by atoms with van der Waals surface area (Å²) in [5, 5.41) is 53.6. The minimum Gasteiger partial charge on any atom is -0.390 e. The maximum Gasteiger partial charge on any atom is 0.263 e. The highest BCUT2D eigenvalue weighted by atomic mass is 19.2. The number of nitrogens with one attached hydrogen (secondary N) is 1. The van der Waals surface area contributed by atoms with Gasteiger partial charge in [-0.3, -0.25) is 4.79 Å². The average Bonchev–Trinajstić information content (AvgIpc) is 3.14. The summed E-state index contributed by atoms with van der Waals surface area (Å²) in [7, 11) is 0. The van der Waals surface area contributed by atoms with Gasteiger partial charge in [0, 0.05) is 6.42 Å². The van der Waals surface area contributed by atoms with Crippen molar-refractivity contribution in [2.45, 2.75) is 236 Å². The summed E-state index contributed by atoms with van der Waals surface area (Å²) in [6.45, 7) is 2.86. The van der Waals surface area contributed by atoms with E-state index >= 15 is 0 Å². The van der Waals surface area contributed by atoms with Crippen LogP contribution in [0.5, 0.6) is 0 Å². The van der Waals surface area contributed by atoms with Crippen molar-refractivity contribution in [2.75, 3.05) is 13.2 Å². The Balaban J connectivity index is 2.44. The normalized spacial score (nSPS) is 23.3. The summed E-state index contributed by atoms with van der Waals surface area (Å²) in [5.74, 6) is -3.29. The zero-order valence-electron chi connectivity index (χ0n) is 33.2. The number of rotatable bonds is 35. The third kappa shape index (κ3) is 22.9. The molecule has 9 nitrogen and oxygen atoms in total. The number of hydrogen-bond acceptors (Lipinski definition) is 8. The first kappa shape index (κ1) is 48.9. The standard InChI is InChI=1S/C42H80FNO8/c1-3-5-7-9-11-13-15-17-18-20-22-24-26-28-30-32-37(47)44-35(33-51-41-39(49)38(48)40(50)42(43,34-45)52-41)36(46)31-29-27-25-23-21-19-16-14-12-10-8-6-4-2/h29,31,35-36,38-41,45-46,48-50H,3-28,30,32-34H2,1-2H3,(H,44,47)/b31-29+/t35-,36-,38-,39-,40+,41-,42-/m1/s1. The van der Waals surface area contributed by atoms with Gasteiger partial charge in [0.05, 0.1) is 18.8 Å². The molecule has 1 aliphatic rings. The molecule has 7 atom stereocenters. The summed E-state index contributed by atoms with van der Waals surface area (Å²) < 4.78 is 25.4. The van der Waals surface area contributed by atoms with Crippen molar-refractivity contribution in [3.8, 4) is 0 Å². The molecule has 1 aliphatic heterocycles. The zero-order valence-corrected chi connectivity index (χ0v) is 33.2. The molecule has 6 N–H and O–H groups in total. The molecule has 0 unspecified atom stereocenters. The first-order valence-corrected chi connectivity index (χ1v) is 21.5. The molecule has 1 heterocycles. The number of hydrogen-bond donors (Lipinski definition) is 6. The maximum absolute atomic E-state index is 14.8. The first-order chi connectivity index (χ1) is 25.2. The smallest absolute Gasteiger partial charge is 0.263 e. The number of aliphatic hydroxyl groups is 5. The number of unbranched alkanes of at least 4 members (excludes halogenated alkanes) is 25. The van der Waals surface area contributed by atoms with E-state index < -0.39 is 49.2 Å². The van der Waals surface area contributed by atoms with Gasteiger partial charge in [0.25, 0.3) is 5.85 Å². The van der Waals surface area contributed by atoms with E-state index in [0.29, 0.717) is 0 Å². The molecule has 0 radical (unpaired) electrons. The van der Waals surface area contributed by atoms with Gasteiger partial charge < -0.3 is 40.3 Å². The molecule has 0 aromatic heterocycles. The van der Waals surface area contributed by atoms with Crippen LogP contribution in [0.25, 0.3) is 0 Å². The maximum atomic E-state index is 14.8. The molecule has 1 saturated heterocycles. The minimum absolute atomic E-state index is 0.253. The van der Waals surface area contributed by atoms with E-state index in [9.17, 15) is 34.7 Å². The van der Waals surface area contributed by atoms with Crippen LogP contribution in [0.2, 0.25) is 0 Å². The number of allylic oxidation sites excluding steroid dienone is 1. The van der Waals surface area contributed by atoms with E-state index in [1.165, 1.54) is 128 Å². The predicted octanol–water partition coefficient (Wildman–Crippen LogP) is 8.46. The van der Waals surface area contributed by atoms with Gasteiger partial charge in [-0.2, -0.15) is 0 Å². The Morgan fingerprint density at radius 2 is 1.13 bits per heavy atom. The van der Waals surface area contributed by atoms with E-state index in [-0.39, 0.29) is 18.9 Å². The summed E-state index contributed by atoms with van der Waals surface area (Å²) in [5.41, 5.74) is 0. The van der Waals surface area contributed by atoms with Gasteiger partial charge in [0.2, 0.25) is 5.91 Å². The molecule has 52 heavy (non-hydrogen) atoms. The SMILES string of the molecule is CCCCCCCCCCCCC/C=C/[C@@H](O)[C@@H](CO[C@@H]1O[C@](F)(CO)[C@@H](O)[C@H](O)[C@H]1O)NC(=O)CCCCCCCCCCCCCCCCC. The van der Waals surface area contributed by atoms with Gasteiger partial charge in [-0.05, 0) is 19.3 Å². The predicted molar refractivity (Wildman–Crippen MR) is 207 cm³/mol. The quantitative estimate of drug-likeness (QED) is 0.0280. The summed E-state index contributed by atoms with van der Waals surface area (Å²) in [4.78, 5) is 12.9. The summed E-state index contributed by atoms with van der Waals surface area (Å²) >= 11 is 0. The van der Waals surface area contributed by atoms with Crippen LogP contribution in [0.3, 0.4) is 0 Å². The molecule has 0 aromatic rings. The van der Waals surface area contributed by atoms with Crippen molar-refractivity contribution in [1.82, 2.24) is 5.32 Å². The Morgan fingerprint density at radius 3 is 1.58 bits per heavy atom. The fraction of sp³-hybridized carbons (Fsp3) is 0.929. The lowest BCUT2D eigenvalue weighted by Gasteiger charge is -2.43. The van der Waals surface area contributed by atoms with Gasteiger partial charge in [0.1, 0.15) is 24.9 Å². The highest BCUT2D eigenvalue weighted by Gasteiger charge is 2.54. The number of ether oxygens (including phenoxy) is 2. The second-order valence-electron chi connectivity index (χ2n) is 15.3. The van der Waals surface area contributed by atoms with Crippen LogP contribution >= 0.6 is 0 Å². The minimum atomic E-state index is -3.04. The molecule has 0 saturated carbocycles. The Hall–Kier alpha value is -1.14. The third-order valence-electron chi connectivity index (χ3n) is 10.4. The van der Waals surface area contributed by atoms with E-state index in [0.717, 1.165) is 44.9 Å². The monoisotopic (exact) mass is 746 g/mol. The van der Waals surface area contributed by atoms with Crippen LogP contribution in [-0.4, -0.2) is 87.3 Å². The van der Waals surface area contributed by atoms with Gasteiger partial charge in [0.15, 0.2) is 6.29 Å². The van der Waals surface area contributed by atoms with Crippen LogP contribution in [0.1, 0.15) is 194 Å². The molecule has 1 rings (SSSR count). The Bertz CT molecular complexity index is 866. The van der Waals surface area contributed by atoms with Gasteiger partial charge >= 0.3 is 0 Å². The largest absolute Gasteiger partial charge is 0.390 e. The molecule has 0 bridgehead atoms. The van der Waals surface area contributed by atoms with Crippen molar-refractivity contribution in [2.24, 2.45) is 0 Å². The number of alkyl halides is 1. The van der Waals surface area contributed by atoms with Crippen molar-refractivity contribution >= 4 is 5.91 Å². The Morgan fingerprint density at radius 1 is 0.712 bits per heavy atom. The topological polar surface area (TPSA) is 149 Å². The molecule has 0 spiro atoms. The van der Waals surface area contributed by atoms with Crippen LogP contribution < -0.4 is 5.32 Å². The van der Waals surface area contributed by atoms with E-state index in [1.807, 2.05) is 6.08 Å². The van der Waals surface area contributed by atoms with Crippen LogP contribution in [0.4, 0.5) is 4.39 Å². The molecular formula is C42H80FNO8. The number of carbonyl (C=O) groups is 1. The molecular weight excluding hydrogens is 665 g/mol. The lowest BCUT2D eigenvalue weighted by molar-refractivity contribution is -0.375. The number of aliphatic hydroxyl groups excluding tert-OH is 5. The second-order valence-corrected chi connectivity index (χ2v) is 15.3. The molecule has 1 amide bonds. The van der Waals surface area contributed by atoms with Crippen LogP contribution in [0.15, 0.2) is 12.2 Å². The Labute approximate surface area is 316 Å². The number of amides is 1. The number of halogens is 1. The average molecular weight is 746 g/mol. The van der Waals surface area contributed by atoms with E-state index in [4.69, 9.17) is 9.47 Å². The van der Waals surface area contributed by atoms with Gasteiger partial charge in [-0.25, -0.2) is 4.39 Å². The Kier molecular flexibility index (Phi) is 30.2. The highest BCUT2D eigenvalue weighted by Crippen LogP contribution is 2.32. The van der Waals surface area contributed by atoms with Crippen LogP contribution in [0, 0.1) is 0 Å². The van der Waals surface area contributed by atoms with E-state index in [2.05, 4.69) is 19.2 Å². The first-order valence-electron chi connectivity index (χ1n) is 21.5. The van der Waals surface area contributed by atoms with Crippen molar-refractivity contribution < 1.29 is 44.2 Å². The third-order valence-corrected chi connectivity index (χ3v) is 10.4. The van der Waals surface area contributed by atoms with Crippen LogP contribution in [-0.2, 0) is 14.3 Å². The van der Waals surface area contributed by atoms with Crippen molar-refractivity contribution in [1.29, 1.82) is 0 Å². The molecule has 308 valence electrons. The lowest BCUT2D eigenvalue weighted by atomic mass is 9.97. The molecule has 0 aliphatic carbocycles. The number of carbonyl (C=O) groups excluding carboxylic acids is 1. The highest BCUT2D eigenvalue weighted by molar-refractivity contribution is 5.76. The zero-order chi connectivity index (χ0) is 38.3. The molecule has 1 fully saturated rings. The molecule has 10 heteroatoms. The van der Waals surface area contributed by atoms with E-state index in [1.54, 1.807) is 6.08 Å². The molecule has 0 aromatic carbocycles. The fourth-order valence-electron chi connectivity index (χ4n) is 6.85. The van der Waals surface area contributed by atoms with Gasteiger partial charge in [-0.1, -0.05) is 180 Å². The fourth-order valence-corrected chi connectivity index (χ4v) is 6.85. The summed E-state index contributed by atoms with van der Waals surface area (Å²) in [6, 6.07) is -0.930. The summed E-state index contributed by atoms with van der Waals surface area (Å²) in [6.07, 6.45) is 27.9. The van der Waals surface area contributed by atoms with Crippen molar-refractivity contribution in [3.63, 3.8) is 0 Å².